The third kappa shape index (κ3) is 13.7. The van der Waals surface area contributed by atoms with E-state index < -0.39 is 62.1 Å². The lowest BCUT2D eigenvalue weighted by Gasteiger charge is -2.32. The summed E-state index contributed by atoms with van der Waals surface area (Å²) in [6.07, 6.45) is -0.0493. The number of phenols is 1. The van der Waals surface area contributed by atoms with Crippen molar-refractivity contribution in [3.63, 3.8) is 0 Å². The number of nitrogens with zero attached hydrogens (tertiary/aromatic N) is 3. The summed E-state index contributed by atoms with van der Waals surface area (Å²) in [6.45, 7) is -2.97. The molecule has 46 heavy (non-hydrogen) atoms. The molecule has 0 aliphatic rings. The number of rotatable bonds is 20. The van der Waals surface area contributed by atoms with Gasteiger partial charge in [-0.05, 0) is 127 Å². The molecule has 2 aromatic rings. The lowest BCUT2D eigenvalue weighted by molar-refractivity contribution is -0.146. The van der Waals surface area contributed by atoms with E-state index in [4.69, 9.17) is 4.74 Å². The number of phenolic OH excluding ortho intramolecular Hbond substituents is 1. The Kier molecular flexibility index (Phi) is 16.9. The van der Waals surface area contributed by atoms with Crippen LogP contribution in [0.3, 0.4) is 0 Å². The molecule has 0 radical (unpaired) electrons. The second kappa shape index (κ2) is 19.3. The molecule has 0 saturated heterocycles. The molecular weight excluding hydrogens is 1070 g/mol. The summed E-state index contributed by atoms with van der Waals surface area (Å²) < 4.78 is 8.63. The Morgan fingerprint density at radius 3 is 1.37 bits per heavy atom. The predicted octanol–water partition coefficient (Wildman–Crippen LogP) is 2.84. The van der Waals surface area contributed by atoms with Crippen molar-refractivity contribution in [2.75, 3.05) is 52.4 Å². The first-order valence-corrected chi connectivity index (χ1v) is 17.4. The van der Waals surface area contributed by atoms with Gasteiger partial charge < -0.3 is 35.4 Å². The van der Waals surface area contributed by atoms with E-state index in [1.807, 2.05) is 45.2 Å². The number of carbonyl (C=O) groups is 5. The van der Waals surface area contributed by atoms with Crippen molar-refractivity contribution in [2.45, 2.75) is 12.5 Å². The van der Waals surface area contributed by atoms with Crippen molar-refractivity contribution >= 4 is 120 Å². The van der Waals surface area contributed by atoms with Crippen LogP contribution in [-0.2, 0) is 30.4 Å². The maximum absolute atomic E-state index is 12.6. The number of benzene rings is 2. The number of carboxylic acids is 5. The second-order valence-corrected chi connectivity index (χ2v) is 14.5. The molecular formula is C27H29I4N3O12. The first-order chi connectivity index (χ1) is 21.5. The molecule has 0 saturated carbocycles. The molecule has 2 rings (SSSR count). The zero-order valence-corrected chi connectivity index (χ0v) is 32.4. The molecule has 1 atom stereocenters. The van der Waals surface area contributed by atoms with Crippen LogP contribution in [0, 0.1) is 14.3 Å². The predicted molar refractivity (Wildman–Crippen MR) is 196 cm³/mol. The van der Waals surface area contributed by atoms with Gasteiger partial charge >= 0.3 is 29.8 Å². The molecule has 0 aromatic heterocycles. The van der Waals surface area contributed by atoms with Crippen molar-refractivity contribution in [2.24, 2.45) is 0 Å². The van der Waals surface area contributed by atoms with Gasteiger partial charge in [0.1, 0.15) is 17.5 Å². The fraction of sp³-hybridized carbons (Fsp3) is 0.370. The van der Waals surface area contributed by atoms with Crippen LogP contribution in [0.5, 0.6) is 17.2 Å². The molecule has 0 spiro atoms. The van der Waals surface area contributed by atoms with Crippen molar-refractivity contribution in [1.82, 2.24) is 14.7 Å². The van der Waals surface area contributed by atoms with E-state index in [-0.39, 0.29) is 38.3 Å². The van der Waals surface area contributed by atoms with Crippen molar-refractivity contribution in [3.05, 3.63) is 44.1 Å². The number of ether oxygens (including phenoxy) is 1. The number of hydrogen-bond donors (Lipinski definition) is 6. The lowest BCUT2D eigenvalue weighted by atomic mass is 10.0. The van der Waals surface area contributed by atoms with E-state index in [1.165, 1.54) is 4.90 Å². The third-order valence-electron chi connectivity index (χ3n) is 6.27. The van der Waals surface area contributed by atoms with Crippen LogP contribution in [-0.4, -0.2) is 134 Å². The van der Waals surface area contributed by atoms with Gasteiger partial charge in [-0.2, -0.15) is 0 Å². The average molecular weight is 1100 g/mol. The molecule has 252 valence electrons. The molecule has 6 N–H and O–H groups in total. The van der Waals surface area contributed by atoms with Gasteiger partial charge in [0, 0.05) is 26.2 Å². The average Bonchev–Trinajstić information content (AvgIpc) is 2.91. The van der Waals surface area contributed by atoms with Gasteiger partial charge in [-0.25, -0.2) is 0 Å². The van der Waals surface area contributed by atoms with E-state index in [9.17, 15) is 54.6 Å². The monoisotopic (exact) mass is 1090 g/mol. The first-order valence-electron chi connectivity index (χ1n) is 13.1. The molecule has 1 unspecified atom stereocenters. The highest BCUT2D eigenvalue weighted by Crippen LogP contribution is 2.37. The van der Waals surface area contributed by atoms with Crippen LogP contribution >= 0.6 is 90.4 Å². The highest BCUT2D eigenvalue weighted by molar-refractivity contribution is 14.1. The number of halogens is 4. The zero-order valence-electron chi connectivity index (χ0n) is 23.7. The molecule has 0 heterocycles. The quantitative estimate of drug-likeness (QED) is 0.105. The van der Waals surface area contributed by atoms with Crippen molar-refractivity contribution < 1.29 is 59.3 Å². The Bertz CT molecular complexity index is 1340. The normalized spacial score (nSPS) is 12.0. The van der Waals surface area contributed by atoms with Gasteiger partial charge in [0.15, 0.2) is 5.75 Å². The Balaban J connectivity index is 2.40. The largest absolute Gasteiger partial charge is 0.506 e. The molecule has 0 amide bonds. The molecule has 15 nitrogen and oxygen atoms in total. The molecule has 0 fully saturated rings. The Morgan fingerprint density at radius 2 is 1.02 bits per heavy atom. The Morgan fingerprint density at radius 1 is 0.630 bits per heavy atom. The smallest absolute Gasteiger partial charge is 0.321 e. The van der Waals surface area contributed by atoms with Crippen molar-refractivity contribution in [3.8, 4) is 17.2 Å². The maximum atomic E-state index is 12.6. The Hall–Kier alpha value is -1.81. The highest BCUT2D eigenvalue weighted by atomic mass is 127. The molecule has 0 bridgehead atoms. The molecule has 0 aliphatic carbocycles. The van der Waals surface area contributed by atoms with Gasteiger partial charge in [0.25, 0.3) is 0 Å². The van der Waals surface area contributed by atoms with E-state index in [1.54, 1.807) is 24.3 Å². The summed E-state index contributed by atoms with van der Waals surface area (Å²) in [7, 11) is 0. The highest BCUT2D eigenvalue weighted by Gasteiger charge is 2.29. The molecule has 19 heteroatoms. The molecule has 0 aliphatic heterocycles. The summed E-state index contributed by atoms with van der Waals surface area (Å²) in [5.41, 5.74) is 0.606. The van der Waals surface area contributed by atoms with Crippen LogP contribution in [0.25, 0.3) is 0 Å². The minimum atomic E-state index is -1.28. The minimum Gasteiger partial charge on any atom is -0.506 e. The lowest BCUT2D eigenvalue weighted by Crippen LogP contribution is -2.50. The van der Waals surface area contributed by atoms with Crippen LogP contribution in [0.1, 0.15) is 5.56 Å². The van der Waals surface area contributed by atoms with Crippen molar-refractivity contribution in [1.29, 1.82) is 0 Å². The van der Waals surface area contributed by atoms with Crippen LogP contribution in [0.2, 0.25) is 0 Å². The van der Waals surface area contributed by atoms with Gasteiger partial charge in [0.2, 0.25) is 0 Å². The summed E-state index contributed by atoms with van der Waals surface area (Å²) in [4.78, 5) is 61.5. The van der Waals surface area contributed by atoms with Gasteiger partial charge in [-0.3, -0.25) is 38.7 Å². The van der Waals surface area contributed by atoms with E-state index >= 15 is 0 Å². The summed E-state index contributed by atoms with van der Waals surface area (Å²) in [5.74, 6) is -5.21. The number of aromatic hydroxyl groups is 1. The third-order valence-corrected chi connectivity index (χ3v) is 9.51. The summed E-state index contributed by atoms with van der Waals surface area (Å²) in [6, 6.07) is 5.60. The second-order valence-electron chi connectivity index (χ2n) is 9.82. The number of hydrogen-bond acceptors (Lipinski definition) is 10. The summed E-state index contributed by atoms with van der Waals surface area (Å²) >= 11 is 8.10. The zero-order chi connectivity index (χ0) is 34.7. The van der Waals surface area contributed by atoms with Crippen LogP contribution in [0.15, 0.2) is 24.3 Å². The Labute approximate surface area is 317 Å². The van der Waals surface area contributed by atoms with Crippen LogP contribution < -0.4 is 4.74 Å². The minimum absolute atomic E-state index is 0.0493. The SMILES string of the molecule is O=C(O)CN(CCN(CCN(CC(=O)O)CC(=O)O)C(Cc1cc(I)c(Oc2cc(I)c(O)c(I)c2)c(I)c1)C(=O)O)CC(=O)O. The van der Waals surface area contributed by atoms with Crippen LogP contribution in [0.4, 0.5) is 0 Å². The molecule has 2 aromatic carbocycles. The maximum Gasteiger partial charge on any atom is 0.321 e. The topological polar surface area (TPSA) is 226 Å². The first kappa shape index (κ1) is 40.4. The standard InChI is InChI=1S/C27H29I4N3O12/c28-16-8-15(9-17(29)25(16)43)46-26-18(30)5-14(6-19(26)31)7-20(27(44)45)34(3-1-32(10-21(35)36)11-22(37)38)4-2-33(12-23(39)40)13-24(41)42/h5-6,8-9,20,43H,1-4,7,10-13H2,(H,35,36)(H,37,38)(H,39,40)(H,41,42)(H,44,45). The number of aliphatic carboxylic acids is 5. The summed E-state index contributed by atoms with van der Waals surface area (Å²) in [5, 5.41) is 57.2. The number of carboxylic acid groups (broad SMARTS) is 5. The van der Waals surface area contributed by atoms with E-state index in [2.05, 4.69) is 45.2 Å². The van der Waals surface area contributed by atoms with E-state index in [0.717, 1.165) is 9.80 Å². The fourth-order valence-corrected chi connectivity index (χ4v) is 8.13. The van der Waals surface area contributed by atoms with E-state index in [0.29, 0.717) is 31.3 Å². The van der Waals surface area contributed by atoms with Gasteiger partial charge in [0.05, 0.1) is 40.5 Å². The van der Waals surface area contributed by atoms with Gasteiger partial charge in [-0.1, -0.05) is 0 Å². The van der Waals surface area contributed by atoms with Gasteiger partial charge in [-0.15, -0.1) is 0 Å². The fourth-order valence-electron chi connectivity index (χ4n) is 4.30.